The highest BCUT2D eigenvalue weighted by atomic mass is 16.6. The van der Waals surface area contributed by atoms with E-state index in [1.165, 1.54) is 6.26 Å². The minimum atomic E-state index is -1.14. The molecule has 0 aliphatic carbocycles. The molecule has 5 nitrogen and oxygen atoms in total. The highest BCUT2D eigenvalue weighted by molar-refractivity contribution is 6.21. The molecule has 0 saturated heterocycles. The average molecular weight is 169 g/mol. The average Bonchev–Trinajstić information content (AvgIpc) is 2.49. The van der Waals surface area contributed by atoms with E-state index < -0.39 is 5.97 Å². The molecule has 5 heteroatoms. The number of hydrogen-bond donors (Lipinski definition) is 1. The van der Waals surface area contributed by atoms with Crippen LogP contribution < -0.4 is 0 Å². The lowest BCUT2D eigenvalue weighted by Crippen LogP contribution is -1.95. The smallest absolute Gasteiger partial charge is 0.350 e. The summed E-state index contributed by atoms with van der Waals surface area (Å²) in [7, 11) is 0. The summed E-state index contributed by atoms with van der Waals surface area (Å²) in [6, 6.07) is 3.41. The number of hydrogen-bond acceptors (Lipinski definition) is 4. The fourth-order valence-electron chi connectivity index (χ4n) is 0.578. The summed E-state index contributed by atoms with van der Waals surface area (Å²) in [5, 5.41) is 11.3. The van der Waals surface area contributed by atoms with E-state index in [4.69, 9.17) is 9.52 Å². The summed E-state index contributed by atoms with van der Waals surface area (Å²) in [5.74, 6) is -0.549. The molecule has 1 N–H and O–H groups in total. The lowest BCUT2D eigenvalue weighted by Gasteiger charge is -1.92. The first kappa shape index (κ1) is 8.32. The first-order valence-electron chi connectivity index (χ1n) is 3.19. The van der Waals surface area contributed by atoms with Gasteiger partial charge in [0.05, 0.1) is 6.26 Å². The number of nitrogens with zero attached hydrogens (tertiary/aromatic N) is 1. The van der Waals surface area contributed by atoms with Gasteiger partial charge in [-0.3, -0.25) is 0 Å². The van der Waals surface area contributed by atoms with Crippen molar-refractivity contribution in [3.8, 4) is 0 Å². The third-order valence-corrected chi connectivity index (χ3v) is 1.02. The molecule has 0 spiro atoms. The Balaban J connectivity index is 2.23. The maximum atomic E-state index is 9.91. The Morgan fingerprint density at radius 3 is 3.25 bits per heavy atom. The highest BCUT2D eigenvalue weighted by Crippen LogP contribution is 2.00. The second-order valence-electron chi connectivity index (χ2n) is 1.93. The summed E-state index contributed by atoms with van der Waals surface area (Å²) in [6.07, 6.45) is 2.17. The molecule has 1 heterocycles. The van der Waals surface area contributed by atoms with E-state index in [1.807, 2.05) is 0 Å². The molecule has 0 bridgehead atoms. The van der Waals surface area contributed by atoms with Gasteiger partial charge in [-0.05, 0) is 12.1 Å². The van der Waals surface area contributed by atoms with Crippen LogP contribution in [0.2, 0.25) is 0 Å². The molecule has 0 atom stereocenters. The van der Waals surface area contributed by atoms with E-state index in [2.05, 4.69) is 9.99 Å². The Kier molecular flexibility index (Phi) is 2.89. The Morgan fingerprint density at radius 1 is 1.83 bits per heavy atom. The fraction of sp³-hybridized carbons (Fsp3) is 0.143. The second kappa shape index (κ2) is 4.17. The molecule has 1 aromatic heterocycles. The zero-order valence-corrected chi connectivity index (χ0v) is 6.14. The van der Waals surface area contributed by atoms with Gasteiger partial charge in [-0.25, -0.2) is 4.79 Å². The van der Waals surface area contributed by atoms with Crippen LogP contribution >= 0.6 is 0 Å². The lowest BCUT2D eigenvalue weighted by atomic mass is 10.5. The van der Waals surface area contributed by atoms with Crippen molar-refractivity contribution in [2.45, 2.75) is 6.61 Å². The summed E-state index contributed by atoms with van der Waals surface area (Å²) < 4.78 is 4.89. The minimum Gasteiger partial charge on any atom is -0.477 e. The lowest BCUT2D eigenvalue weighted by molar-refractivity contribution is -0.129. The largest absolute Gasteiger partial charge is 0.477 e. The summed E-state index contributed by atoms with van der Waals surface area (Å²) >= 11 is 0. The Bertz CT molecular complexity index is 265. The van der Waals surface area contributed by atoms with Crippen molar-refractivity contribution < 1.29 is 19.2 Å². The Labute approximate surface area is 68.2 Å². The van der Waals surface area contributed by atoms with Crippen molar-refractivity contribution in [1.29, 1.82) is 0 Å². The van der Waals surface area contributed by atoms with Gasteiger partial charge in [0.25, 0.3) is 0 Å². The standard InChI is InChI=1S/C7H7NO4/c9-7(10)4-8-12-5-6-2-1-3-11-6/h1-4H,5H2,(H,9,10)/b8-4+. The fourth-order valence-corrected chi connectivity index (χ4v) is 0.578. The van der Waals surface area contributed by atoms with E-state index in [0.717, 1.165) is 0 Å². The number of oxime groups is 1. The van der Waals surface area contributed by atoms with Gasteiger partial charge in [-0.1, -0.05) is 5.16 Å². The molecule has 1 aromatic rings. The molecule has 64 valence electrons. The highest BCUT2D eigenvalue weighted by Gasteiger charge is 1.93. The zero-order chi connectivity index (χ0) is 8.81. The summed E-state index contributed by atoms with van der Waals surface area (Å²) in [5.41, 5.74) is 0. The Morgan fingerprint density at radius 2 is 2.67 bits per heavy atom. The predicted octanol–water partition coefficient (Wildman–Crippen LogP) is 0.867. The molecule has 0 aliphatic rings. The van der Waals surface area contributed by atoms with Crippen molar-refractivity contribution in [3.63, 3.8) is 0 Å². The molecule has 0 saturated carbocycles. The van der Waals surface area contributed by atoms with Crippen LogP contribution in [0.4, 0.5) is 0 Å². The normalized spacial score (nSPS) is 10.3. The van der Waals surface area contributed by atoms with Crippen LogP contribution in [0.25, 0.3) is 0 Å². The third kappa shape index (κ3) is 2.87. The Hall–Kier alpha value is -1.78. The topological polar surface area (TPSA) is 72.0 Å². The van der Waals surface area contributed by atoms with Crippen molar-refractivity contribution in [2.75, 3.05) is 0 Å². The van der Waals surface area contributed by atoms with Crippen LogP contribution in [0.15, 0.2) is 28.0 Å². The first-order valence-corrected chi connectivity index (χ1v) is 3.19. The molecule has 0 amide bonds. The van der Waals surface area contributed by atoms with Crippen LogP contribution in [-0.4, -0.2) is 17.3 Å². The maximum Gasteiger partial charge on any atom is 0.350 e. The molecule has 1 rings (SSSR count). The first-order chi connectivity index (χ1) is 5.79. The SMILES string of the molecule is O=C(O)/C=N/OCc1ccco1. The van der Waals surface area contributed by atoms with Crippen molar-refractivity contribution in [3.05, 3.63) is 24.2 Å². The van der Waals surface area contributed by atoms with Crippen LogP contribution in [0.5, 0.6) is 0 Å². The van der Waals surface area contributed by atoms with Crippen LogP contribution in [-0.2, 0) is 16.2 Å². The maximum absolute atomic E-state index is 9.91. The van der Waals surface area contributed by atoms with Gasteiger partial charge in [-0.15, -0.1) is 0 Å². The number of carboxylic acid groups (broad SMARTS) is 1. The van der Waals surface area contributed by atoms with E-state index >= 15 is 0 Å². The number of carbonyl (C=O) groups is 1. The monoisotopic (exact) mass is 169 g/mol. The van der Waals surface area contributed by atoms with Gasteiger partial charge in [-0.2, -0.15) is 0 Å². The molecule has 0 aromatic carbocycles. The molecule has 0 fully saturated rings. The molecular formula is C7H7NO4. The summed E-state index contributed by atoms with van der Waals surface area (Å²) in [6.45, 7) is 0.136. The van der Waals surface area contributed by atoms with Crippen molar-refractivity contribution in [1.82, 2.24) is 0 Å². The van der Waals surface area contributed by atoms with Gasteiger partial charge in [0, 0.05) is 0 Å². The van der Waals surface area contributed by atoms with E-state index in [9.17, 15) is 4.79 Å². The molecule has 0 radical (unpaired) electrons. The summed E-state index contributed by atoms with van der Waals surface area (Å²) in [4.78, 5) is 14.5. The van der Waals surface area contributed by atoms with Gasteiger partial charge in [0.15, 0.2) is 12.8 Å². The zero-order valence-electron chi connectivity index (χ0n) is 6.14. The van der Waals surface area contributed by atoms with E-state index in [1.54, 1.807) is 12.1 Å². The van der Waals surface area contributed by atoms with Crippen LogP contribution in [0.1, 0.15) is 5.76 Å². The molecule has 0 unspecified atom stereocenters. The van der Waals surface area contributed by atoms with Crippen LogP contribution in [0, 0.1) is 0 Å². The number of furan rings is 1. The molecule has 12 heavy (non-hydrogen) atoms. The van der Waals surface area contributed by atoms with Gasteiger partial charge < -0.3 is 14.4 Å². The second-order valence-corrected chi connectivity index (χ2v) is 1.93. The number of rotatable bonds is 4. The van der Waals surface area contributed by atoms with Crippen molar-refractivity contribution >= 4 is 12.2 Å². The van der Waals surface area contributed by atoms with Gasteiger partial charge in [0.1, 0.15) is 5.76 Å². The van der Waals surface area contributed by atoms with Gasteiger partial charge in [0.2, 0.25) is 0 Å². The van der Waals surface area contributed by atoms with E-state index in [0.29, 0.717) is 12.0 Å². The quantitative estimate of drug-likeness (QED) is 0.536. The number of aliphatic carboxylic acids is 1. The molecule has 0 aliphatic heterocycles. The van der Waals surface area contributed by atoms with Gasteiger partial charge >= 0.3 is 5.97 Å². The van der Waals surface area contributed by atoms with Crippen LogP contribution in [0.3, 0.4) is 0 Å². The number of carboxylic acids is 1. The predicted molar refractivity (Wildman–Crippen MR) is 39.6 cm³/mol. The minimum absolute atomic E-state index is 0.136. The van der Waals surface area contributed by atoms with Crippen molar-refractivity contribution in [2.24, 2.45) is 5.16 Å². The van der Waals surface area contributed by atoms with E-state index in [-0.39, 0.29) is 6.61 Å². The third-order valence-electron chi connectivity index (χ3n) is 1.02. The molecular weight excluding hydrogens is 162 g/mol.